The van der Waals surface area contributed by atoms with Crippen LogP contribution in [0.1, 0.15) is 60.2 Å². The first kappa shape index (κ1) is 31.4. The Balaban J connectivity index is 0.000000371. The van der Waals surface area contributed by atoms with E-state index in [9.17, 15) is 9.59 Å². The molecule has 0 saturated carbocycles. The van der Waals surface area contributed by atoms with Crippen LogP contribution in [-0.2, 0) is 0 Å². The van der Waals surface area contributed by atoms with Gasteiger partial charge in [0.2, 0.25) is 11.5 Å². The number of carboxylic acid groups (broad SMARTS) is 1. The van der Waals surface area contributed by atoms with Gasteiger partial charge in [-0.1, -0.05) is 26.7 Å². The van der Waals surface area contributed by atoms with E-state index in [0.717, 1.165) is 25.7 Å². The number of aliphatic hydroxyl groups excluding tert-OH is 1. The molecule has 0 fully saturated rings. The highest BCUT2D eigenvalue weighted by molar-refractivity contribution is 5.98. The van der Waals surface area contributed by atoms with Crippen LogP contribution in [0.15, 0.2) is 24.3 Å². The van der Waals surface area contributed by atoms with E-state index in [1.54, 1.807) is 12.1 Å². The van der Waals surface area contributed by atoms with E-state index < -0.39 is 18.4 Å². The maximum absolute atomic E-state index is 11.5. The molecule has 0 radical (unpaired) electrons. The first-order valence-electron chi connectivity index (χ1n) is 12.0. The summed E-state index contributed by atoms with van der Waals surface area (Å²) in [5.74, 6) is 1.07. The molecule has 10 heteroatoms. The lowest BCUT2D eigenvalue weighted by molar-refractivity contribution is 0.0695. The molecule has 0 aliphatic heterocycles. The summed E-state index contributed by atoms with van der Waals surface area (Å²) in [5.41, 5.74) is 0.436. The van der Waals surface area contributed by atoms with Crippen molar-refractivity contribution in [3.8, 4) is 34.5 Å². The lowest BCUT2D eigenvalue weighted by Gasteiger charge is -2.15. The summed E-state index contributed by atoms with van der Waals surface area (Å²) in [4.78, 5) is 22.5. The average molecular weight is 523 g/mol. The number of Topliss-reactive ketones (excluding diaryl/α,β-unsaturated/α-hetero) is 1. The van der Waals surface area contributed by atoms with Crippen molar-refractivity contribution in [3.63, 3.8) is 0 Å². The Morgan fingerprint density at radius 1 is 0.676 bits per heavy atom. The van der Waals surface area contributed by atoms with Crippen molar-refractivity contribution < 1.29 is 48.2 Å². The highest BCUT2D eigenvalue weighted by Crippen LogP contribution is 2.39. The fourth-order valence-corrected chi connectivity index (χ4v) is 3.06. The summed E-state index contributed by atoms with van der Waals surface area (Å²) in [5, 5.41) is 17.9. The second-order valence-corrected chi connectivity index (χ2v) is 7.71. The minimum absolute atomic E-state index is 0.103. The van der Waals surface area contributed by atoms with Crippen molar-refractivity contribution in [3.05, 3.63) is 35.4 Å². The van der Waals surface area contributed by atoms with E-state index in [2.05, 4.69) is 13.8 Å². The second kappa shape index (κ2) is 16.9. The van der Waals surface area contributed by atoms with E-state index in [4.69, 9.17) is 38.6 Å². The summed E-state index contributed by atoms with van der Waals surface area (Å²) in [7, 11) is 5.92. The Bertz CT molecular complexity index is 953. The zero-order chi connectivity index (χ0) is 27.8. The molecule has 0 unspecified atom stereocenters. The molecular formula is C27H38O10. The Morgan fingerprint density at radius 3 is 1.30 bits per heavy atom. The third-order valence-corrected chi connectivity index (χ3v) is 5.12. The Morgan fingerprint density at radius 2 is 1.03 bits per heavy atom. The van der Waals surface area contributed by atoms with Gasteiger partial charge in [0.15, 0.2) is 28.8 Å². The zero-order valence-corrected chi connectivity index (χ0v) is 22.4. The van der Waals surface area contributed by atoms with Crippen LogP contribution in [0, 0.1) is 0 Å². The first-order valence-corrected chi connectivity index (χ1v) is 12.0. The van der Waals surface area contributed by atoms with Gasteiger partial charge >= 0.3 is 5.97 Å². The molecule has 2 N–H and O–H groups in total. The summed E-state index contributed by atoms with van der Waals surface area (Å²) >= 11 is 0. The molecule has 2 aromatic rings. The molecule has 0 bridgehead atoms. The molecule has 0 spiro atoms. The lowest BCUT2D eigenvalue weighted by atomic mass is 10.1. The minimum Gasteiger partial charge on any atom is -0.493 e. The molecule has 0 amide bonds. The van der Waals surface area contributed by atoms with Crippen molar-refractivity contribution in [2.75, 3.05) is 48.3 Å². The number of methoxy groups -OCH3 is 4. The van der Waals surface area contributed by atoms with Gasteiger partial charge in [-0.15, -0.1) is 0 Å². The summed E-state index contributed by atoms with van der Waals surface area (Å²) in [6, 6.07) is 5.93. The monoisotopic (exact) mass is 522 g/mol. The Kier molecular flexibility index (Phi) is 14.3. The normalized spacial score (nSPS) is 10.0. The maximum Gasteiger partial charge on any atom is 0.335 e. The number of ketones is 1. The molecule has 0 aliphatic carbocycles. The van der Waals surface area contributed by atoms with Crippen LogP contribution in [0.4, 0.5) is 0 Å². The standard InChI is InChI=1S/C14H20O5.C13H18O5/c1-4-5-6-19-14-12(17-2)7-10(11(16)9-15)8-13(14)18-3;1-4-5-6-18-12-10(16-2)7-9(13(14)15)8-11(12)17-3/h7-8,15H,4-6,9H2,1-3H3;7-8H,4-6H2,1-3H3,(H,14,15). The third-order valence-electron chi connectivity index (χ3n) is 5.12. The van der Waals surface area contributed by atoms with E-state index in [-0.39, 0.29) is 5.56 Å². The SMILES string of the molecule is CCCCOc1c(OC)cc(C(=O)CO)cc1OC.CCCCOc1c(OC)cc(C(=O)O)cc1OC. The topological polar surface area (TPSA) is 130 Å². The van der Waals surface area contributed by atoms with Gasteiger partial charge in [0, 0.05) is 5.56 Å². The molecule has 0 aromatic heterocycles. The fourth-order valence-electron chi connectivity index (χ4n) is 3.06. The number of hydrogen-bond donors (Lipinski definition) is 2. The third kappa shape index (κ3) is 9.38. The largest absolute Gasteiger partial charge is 0.493 e. The van der Waals surface area contributed by atoms with Gasteiger partial charge in [-0.25, -0.2) is 4.79 Å². The van der Waals surface area contributed by atoms with E-state index in [0.29, 0.717) is 53.3 Å². The highest BCUT2D eigenvalue weighted by Gasteiger charge is 2.18. The number of carbonyl (C=O) groups excluding carboxylic acids is 1. The summed E-state index contributed by atoms with van der Waals surface area (Å²) < 4.78 is 31.9. The van der Waals surface area contributed by atoms with Crippen LogP contribution in [0.2, 0.25) is 0 Å². The highest BCUT2D eigenvalue weighted by atomic mass is 16.5. The predicted molar refractivity (Wildman–Crippen MR) is 138 cm³/mol. The molecule has 2 rings (SSSR count). The van der Waals surface area contributed by atoms with Gasteiger partial charge in [0.1, 0.15) is 6.61 Å². The Labute approximate surface area is 218 Å². The molecule has 2 aromatic carbocycles. The number of carbonyl (C=O) groups is 2. The zero-order valence-electron chi connectivity index (χ0n) is 22.4. The molecule has 37 heavy (non-hydrogen) atoms. The van der Waals surface area contributed by atoms with Crippen molar-refractivity contribution in [2.45, 2.75) is 39.5 Å². The lowest BCUT2D eigenvalue weighted by Crippen LogP contribution is -2.07. The molecule has 0 aliphatic rings. The molecular weight excluding hydrogens is 484 g/mol. The van der Waals surface area contributed by atoms with Crippen molar-refractivity contribution >= 4 is 11.8 Å². The number of unbranched alkanes of at least 4 members (excludes halogenated alkanes) is 2. The van der Waals surface area contributed by atoms with Gasteiger partial charge in [0.05, 0.1) is 47.2 Å². The van der Waals surface area contributed by atoms with Gasteiger partial charge in [-0.05, 0) is 37.1 Å². The minimum atomic E-state index is -1.04. The first-order chi connectivity index (χ1) is 17.8. The van der Waals surface area contributed by atoms with Crippen LogP contribution in [0.3, 0.4) is 0 Å². The van der Waals surface area contributed by atoms with Crippen LogP contribution in [0.25, 0.3) is 0 Å². The number of aromatic carboxylic acids is 1. The molecule has 10 nitrogen and oxygen atoms in total. The second-order valence-electron chi connectivity index (χ2n) is 7.71. The van der Waals surface area contributed by atoms with Crippen molar-refractivity contribution in [1.29, 1.82) is 0 Å². The molecule has 206 valence electrons. The fraction of sp³-hybridized carbons (Fsp3) is 0.481. The average Bonchev–Trinajstić information content (AvgIpc) is 2.92. The molecule has 0 saturated heterocycles. The maximum atomic E-state index is 11.5. The van der Waals surface area contributed by atoms with Crippen molar-refractivity contribution in [2.24, 2.45) is 0 Å². The van der Waals surface area contributed by atoms with Gasteiger partial charge in [0.25, 0.3) is 0 Å². The molecule has 0 heterocycles. The molecule has 0 atom stereocenters. The van der Waals surface area contributed by atoms with Gasteiger partial charge < -0.3 is 38.6 Å². The number of rotatable bonds is 15. The summed E-state index contributed by atoms with van der Waals surface area (Å²) in [6.45, 7) is 4.67. The Hall–Kier alpha value is -3.66. The van der Waals surface area contributed by atoms with Crippen LogP contribution < -0.4 is 28.4 Å². The number of carboxylic acids is 1. The van der Waals surface area contributed by atoms with Crippen LogP contribution in [-0.4, -0.2) is 70.2 Å². The van der Waals surface area contributed by atoms with Gasteiger partial charge in [-0.2, -0.15) is 0 Å². The van der Waals surface area contributed by atoms with E-state index in [1.165, 1.54) is 40.6 Å². The number of benzene rings is 2. The summed E-state index contributed by atoms with van der Waals surface area (Å²) in [6.07, 6.45) is 3.86. The van der Waals surface area contributed by atoms with Gasteiger partial charge in [-0.3, -0.25) is 4.79 Å². The van der Waals surface area contributed by atoms with Crippen LogP contribution >= 0.6 is 0 Å². The number of hydrogen-bond acceptors (Lipinski definition) is 9. The van der Waals surface area contributed by atoms with Crippen molar-refractivity contribution in [1.82, 2.24) is 0 Å². The smallest absolute Gasteiger partial charge is 0.335 e. The van der Waals surface area contributed by atoms with E-state index in [1.807, 2.05) is 0 Å². The van der Waals surface area contributed by atoms with Crippen LogP contribution in [0.5, 0.6) is 34.5 Å². The number of ether oxygens (including phenoxy) is 6. The number of aliphatic hydroxyl groups is 1. The quantitative estimate of drug-likeness (QED) is 0.252. The van der Waals surface area contributed by atoms with E-state index >= 15 is 0 Å². The predicted octanol–water partition coefficient (Wildman–Crippen LogP) is 4.64.